The second-order valence-corrected chi connectivity index (χ2v) is 4.63. The molecule has 0 aromatic rings. The average Bonchev–Trinajstić information content (AvgIpc) is 2.31. The Hall–Kier alpha value is 0.340. The first kappa shape index (κ1) is 9.43. The third kappa shape index (κ3) is 3.06. The van der Waals surface area contributed by atoms with Gasteiger partial charge in [-0.05, 0) is 11.7 Å². The molecule has 1 N–H and O–H groups in total. The fourth-order valence-electron chi connectivity index (χ4n) is 1.16. The number of hydrogen-bond acceptors (Lipinski definition) is 2. The summed E-state index contributed by atoms with van der Waals surface area (Å²) in [5.74, 6) is 3.26. The van der Waals surface area contributed by atoms with E-state index in [0.717, 1.165) is 12.5 Å². The first-order valence-electron chi connectivity index (χ1n) is 3.84. The van der Waals surface area contributed by atoms with Crippen molar-refractivity contribution in [3.8, 4) is 0 Å². The topological polar surface area (TPSA) is 12.0 Å². The van der Waals surface area contributed by atoms with Crippen molar-refractivity contribution in [1.29, 1.82) is 0 Å². The Morgan fingerprint density at radius 2 is 2.45 bits per heavy atom. The van der Waals surface area contributed by atoms with E-state index in [4.69, 9.17) is 11.6 Å². The molecule has 2 unspecified atom stereocenters. The van der Waals surface area contributed by atoms with Gasteiger partial charge in [-0.1, -0.05) is 25.1 Å². The van der Waals surface area contributed by atoms with Gasteiger partial charge in [0.15, 0.2) is 0 Å². The molecule has 0 spiro atoms. The molecule has 64 valence electrons. The van der Waals surface area contributed by atoms with Crippen LogP contribution in [0.2, 0.25) is 0 Å². The summed E-state index contributed by atoms with van der Waals surface area (Å²) in [5, 5.41) is 4.08. The van der Waals surface area contributed by atoms with Crippen LogP contribution in [-0.4, -0.2) is 24.1 Å². The average molecular weight is 192 g/mol. The summed E-state index contributed by atoms with van der Waals surface area (Å²) < 4.78 is 0. The molecule has 0 aromatic heterocycles. The summed E-state index contributed by atoms with van der Waals surface area (Å²) in [6, 6.07) is 0.635. The zero-order valence-corrected chi connectivity index (χ0v) is 8.34. The quantitative estimate of drug-likeness (QED) is 0.733. The Morgan fingerprint density at radius 1 is 1.73 bits per heavy atom. The van der Waals surface area contributed by atoms with Gasteiger partial charge in [-0.3, -0.25) is 0 Å². The monoisotopic (exact) mass is 191 g/mol. The van der Waals surface area contributed by atoms with Crippen molar-refractivity contribution in [3.05, 3.63) is 11.6 Å². The molecule has 0 saturated carbocycles. The summed E-state index contributed by atoms with van der Waals surface area (Å²) in [4.78, 5) is 0. The molecule has 3 heteroatoms. The molecule has 0 aromatic carbocycles. The predicted octanol–water partition coefficient (Wildman–Crippen LogP) is 2.08. The summed E-state index contributed by atoms with van der Waals surface area (Å²) in [6.07, 6.45) is 0. The van der Waals surface area contributed by atoms with Crippen LogP contribution in [0, 0.1) is 5.92 Å². The van der Waals surface area contributed by atoms with Gasteiger partial charge in [-0.15, -0.1) is 0 Å². The lowest BCUT2D eigenvalue weighted by Gasteiger charge is -2.15. The summed E-state index contributed by atoms with van der Waals surface area (Å²) in [5.41, 5.74) is 0. The van der Waals surface area contributed by atoms with Crippen molar-refractivity contribution in [2.75, 3.05) is 18.1 Å². The lowest BCUT2D eigenvalue weighted by Crippen LogP contribution is -2.34. The molecule has 0 bridgehead atoms. The van der Waals surface area contributed by atoms with Crippen LogP contribution in [0.25, 0.3) is 0 Å². The van der Waals surface area contributed by atoms with Crippen LogP contribution in [0.3, 0.4) is 0 Å². The van der Waals surface area contributed by atoms with E-state index in [9.17, 15) is 0 Å². The fraction of sp³-hybridized carbons (Fsp3) is 0.750. The molecular weight excluding hydrogens is 178 g/mol. The highest BCUT2D eigenvalue weighted by Gasteiger charge is 2.22. The minimum Gasteiger partial charge on any atom is -0.308 e. The largest absolute Gasteiger partial charge is 0.308 e. The minimum absolute atomic E-state index is 0.635. The minimum atomic E-state index is 0.635. The highest BCUT2D eigenvalue weighted by molar-refractivity contribution is 7.99. The van der Waals surface area contributed by atoms with E-state index in [1.165, 1.54) is 11.5 Å². The number of rotatable bonds is 3. The van der Waals surface area contributed by atoms with Crippen LogP contribution in [0.4, 0.5) is 0 Å². The molecule has 0 aliphatic carbocycles. The third-order valence-electron chi connectivity index (χ3n) is 1.92. The van der Waals surface area contributed by atoms with Crippen LogP contribution in [0.5, 0.6) is 0 Å². The number of nitrogens with one attached hydrogen (secondary N) is 1. The van der Waals surface area contributed by atoms with E-state index in [-0.39, 0.29) is 0 Å². The third-order valence-corrected chi connectivity index (χ3v) is 3.41. The van der Waals surface area contributed by atoms with Crippen LogP contribution in [-0.2, 0) is 0 Å². The standard InChI is InChI=1S/C8H14ClNS/c1-6-4-11-5-8(6)10-3-7(2)9/h6,8,10H,2-5H2,1H3. The van der Waals surface area contributed by atoms with Gasteiger partial charge in [0.25, 0.3) is 0 Å². The van der Waals surface area contributed by atoms with Crippen molar-refractivity contribution in [1.82, 2.24) is 5.32 Å². The van der Waals surface area contributed by atoms with Gasteiger partial charge in [-0.25, -0.2) is 0 Å². The zero-order chi connectivity index (χ0) is 8.27. The van der Waals surface area contributed by atoms with Gasteiger partial charge < -0.3 is 5.32 Å². The van der Waals surface area contributed by atoms with Gasteiger partial charge in [0.05, 0.1) is 0 Å². The van der Waals surface area contributed by atoms with Gasteiger partial charge in [0.2, 0.25) is 0 Å². The SMILES string of the molecule is C=C(Cl)CNC1CSCC1C. The highest BCUT2D eigenvalue weighted by atomic mass is 35.5. The van der Waals surface area contributed by atoms with Crippen LogP contribution in [0.15, 0.2) is 11.6 Å². The Morgan fingerprint density at radius 3 is 2.91 bits per heavy atom. The number of hydrogen-bond donors (Lipinski definition) is 1. The Bertz CT molecular complexity index is 149. The van der Waals surface area contributed by atoms with Crippen molar-refractivity contribution in [2.24, 2.45) is 5.92 Å². The van der Waals surface area contributed by atoms with E-state index >= 15 is 0 Å². The van der Waals surface area contributed by atoms with Crippen molar-refractivity contribution in [2.45, 2.75) is 13.0 Å². The maximum absolute atomic E-state index is 5.64. The van der Waals surface area contributed by atoms with Gasteiger partial charge >= 0.3 is 0 Å². The molecule has 0 radical (unpaired) electrons. The molecule has 0 amide bonds. The molecule has 1 rings (SSSR count). The van der Waals surface area contributed by atoms with Crippen molar-refractivity contribution in [3.63, 3.8) is 0 Å². The van der Waals surface area contributed by atoms with E-state index in [2.05, 4.69) is 18.8 Å². The number of thioether (sulfide) groups is 1. The Labute approximate surface area is 77.6 Å². The molecule has 1 nitrogen and oxygen atoms in total. The molecular formula is C8H14ClNS. The second-order valence-electron chi connectivity index (χ2n) is 3.02. The first-order valence-corrected chi connectivity index (χ1v) is 5.38. The molecule has 2 atom stereocenters. The molecule has 11 heavy (non-hydrogen) atoms. The smallest absolute Gasteiger partial charge is 0.0310 e. The lowest BCUT2D eigenvalue weighted by atomic mass is 10.1. The van der Waals surface area contributed by atoms with Crippen LogP contribution >= 0.6 is 23.4 Å². The first-order chi connectivity index (χ1) is 5.20. The second kappa shape index (κ2) is 4.39. The maximum atomic E-state index is 5.64. The molecule has 1 fully saturated rings. The molecule has 1 heterocycles. The normalized spacial score (nSPS) is 30.7. The lowest BCUT2D eigenvalue weighted by molar-refractivity contribution is 0.473. The van der Waals surface area contributed by atoms with E-state index < -0.39 is 0 Å². The van der Waals surface area contributed by atoms with Gasteiger partial charge in [0, 0.05) is 23.4 Å². The van der Waals surface area contributed by atoms with E-state index in [0.29, 0.717) is 11.1 Å². The molecule has 1 aliphatic heterocycles. The van der Waals surface area contributed by atoms with Gasteiger partial charge in [-0.2, -0.15) is 11.8 Å². The summed E-state index contributed by atoms with van der Waals surface area (Å²) >= 11 is 7.65. The van der Waals surface area contributed by atoms with Gasteiger partial charge in [0.1, 0.15) is 0 Å². The molecule has 1 aliphatic rings. The predicted molar refractivity (Wildman–Crippen MR) is 53.3 cm³/mol. The Balaban J connectivity index is 2.20. The highest BCUT2D eigenvalue weighted by Crippen LogP contribution is 2.23. The van der Waals surface area contributed by atoms with E-state index in [1.54, 1.807) is 0 Å². The molecule has 1 saturated heterocycles. The number of halogens is 1. The van der Waals surface area contributed by atoms with Crippen LogP contribution < -0.4 is 5.32 Å². The Kier molecular flexibility index (Phi) is 3.76. The zero-order valence-electron chi connectivity index (χ0n) is 6.77. The maximum Gasteiger partial charge on any atom is 0.0310 e. The summed E-state index contributed by atoms with van der Waals surface area (Å²) in [7, 11) is 0. The summed E-state index contributed by atoms with van der Waals surface area (Å²) in [6.45, 7) is 6.66. The van der Waals surface area contributed by atoms with Crippen LogP contribution in [0.1, 0.15) is 6.92 Å². The van der Waals surface area contributed by atoms with Crippen molar-refractivity contribution < 1.29 is 0 Å². The van der Waals surface area contributed by atoms with Crippen molar-refractivity contribution >= 4 is 23.4 Å². The van der Waals surface area contributed by atoms with E-state index in [1.807, 2.05) is 11.8 Å². The fourth-order valence-corrected chi connectivity index (χ4v) is 2.68.